The molecule has 0 unspecified atom stereocenters. The SMILES string of the molecule is O/C(c1ccc(Br)cc1)=c1/[nH]nnc1=C1C=CC=C1. The molecule has 2 N–H and O–H groups in total. The summed E-state index contributed by atoms with van der Waals surface area (Å²) in [6.07, 6.45) is 7.70. The lowest BCUT2D eigenvalue weighted by atomic mass is 10.1. The number of hydrogen-bond donors (Lipinski definition) is 2. The zero-order valence-electron chi connectivity index (χ0n) is 9.84. The molecule has 4 nitrogen and oxygen atoms in total. The molecule has 0 aliphatic heterocycles. The zero-order chi connectivity index (χ0) is 13.2. The van der Waals surface area contributed by atoms with Crippen LogP contribution in [0.3, 0.4) is 0 Å². The Hall–Kier alpha value is -2.14. The third-order valence-electron chi connectivity index (χ3n) is 2.84. The molecule has 0 spiro atoms. The minimum Gasteiger partial charge on any atom is -0.505 e. The molecular weight excluding hydrogens is 306 g/mol. The van der Waals surface area contributed by atoms with Gasteiger partial charge in [0, 0.05) is 15.6 Å². The molecule has 1 aromatic heterocycles. The van der Waals surface area contributed by atoms with E-state index in [0.29, 0.717) is 16.3 Å². The van der Waals surface area contributed by atoms with Crippen LogP contribution in [0.5, 0.6) is 0 Å². The van der Waals surface area contributed by atoms with Crippen LogP contribution in [-0.4, -0.2) is 20.5 Å². The van der Waals surface area contributed by atoms with Crippen molar-refractivity contribution in [1.29, 1.82) is 0 Å². The third kappa shape index (κ3) is 2.24. The molecule has 0 bridgehead atoms. The Labute approximate surface area is 117 Å². The van der Waals surface area contributed by atoms with Gasteiger partial charge in [0.1, 0.15) is 16.5 Å². The van der Waals surface area contributed by atoms with Gasteiger partial charge in [-0.1, -0.05) is 57.6 Å². The summed E-state index contributed by atoms with van der Waals surface area (Å²) < 4.78 is 0.961. The number of rotatable bonds is 1. The highest BCUT2D eigenvalue weighted by atomic mass is 79.9. The van der Waals surface area contributed by atoms with Crippen LogP contribution in [0.4, 0.5) is 0 Å². The average molecular weight is 316 g/mol. The number of benzene rings is 1. The molecule has 1 aromatic carbocycles. The van der Waals surface area contributed by atoms with Gasteiger partial charge >= 0.3 is 0 Å². The second kappa shape index (κ2) is 4.85. The summed E-state index contributed by atoms with van der Waals surface area (Å²) in [4.78, 5) is 0. The number of nitrogens with zero attached hydrogens (tertiary/aromatic N) is 2. The summed E-state index contributed by atoms with van der Waals surface area (Å²) in [5.41, 5.74) is 1.63. The molecule has 1 aliphatic rings. The van der Waals surface area contributed by atoms with E-state index in [0.717, 1.165) is 10.0 Å². The maximum atomic E-state index is 10.3. The molecule has 5 heteroatoms. The highest BCUT2D eigenvalue weighted by Gasteiger charge is 2.06. The first kappa shape index (κ1) is 11.9. The predicted molar refractivity (Wildman–Crippen MR) is 76.6 cm³/mol. The summed E-state index contributed by atoms with van der Waals surface area (Å²) in [7, 11) is 0. The number of halogens is 1. The quantitative estimate of drug-likeness (QED) is 0.839. The minimum absolute atomic E-state index is 0.133. The van der Waals surface area contributed by atoms with E-state index in [4.69, 9.17) is 0 Å². The van der Waals surface area contributed by atoms with Gasteiger partial charge < -0.3 is 5.11 Å². The number of aromatic amines is 1. The first-order chi connectivity index (χ1) is 9.25. The molecular formula is C14H10BrN3O. The maximum Gasteiger partial charge on any atom is 0.150 e. The number of hydrogen-bond acceptors (Lipinski definition) is 3. The van der Waals surface area contributed by atoms with Crippen molar-refractivity contribution >= 4 is 27.3 Å². The van der Waals surface area contributed by atoms with Crippen molar-refractivity contribution in [3.8, 4) is 0 Å². The van der Waals surface area contributed by atoms with Crippen LogP contribution in [0.1, 0.15) is 5.56 Å². The van der Waals surface area contributed by atoms with E-state index in [1.54, 1.807) is 0 Å². The monoisotopic (exact) mass is 315 g/mol. The van der Waals surface area contributed by atoms with Crippen LogP contribution in [0, 0.1) is 0 Å². The van der Waals surface area contributed by atoms with Crippen molar-refractivity contribution in [2.45, 2.75) is 0 Å². The fourth-order valence-electron chi connectivity index (χ4n) is 1.88. The van der Waals surface area contributed by atoms with Crippen molar-refractivity contribution in [2.75, 3.05) is 0 Å². The maximum absolute atomic E-state index is 10.3. The largest absolute Gasteiger partial charge is 0.505 e. The van der Waals surface area contributed by atoms with Crippen molar-refractivity contribution in [1.82, 2.24) is 15.4 Å². The van der Waals surface area contributed by atoms with Gasteiger partial charge in [-0.15, -0.1) is 5.10 Å². The Bertz CT molecular complexity index is 771. The van der Waals surface area contributed by atoms with E-state index in [1.165, 1.54) is 0 Å². The summed E-state index contributed by atoms with van der Waals surface area (Å²) >= 11 is 3.37. The van der Waals surface area contributed by atoms with E-state index < -0.39 is 0 Å². The van der Waals surface area contributed by atoms with E-state index >= 15 is 0 Å². The molecule has 0 radical (unpaired) electrons. The van der Waals surface area contributed by atoms with Gasteiger partial charge in [0.25, 0.3) is 0 Å². The molecule has 0 atom stereocenters. The van der Waals surface area contributed by atoms with Gasteiger partial charge in [-0.2, -0.15) is 0 Å². The van der Waals surface area contributed by atoms with Gasteiger partial charge in [-0.05, 0) is 12.1 Å². The molecule has 1 aliphatic carbocycles. The number of allylic oxidation sites excluding steroid dienone is 4. The lowest BCUT2D eigenvalue weighted by Gasteiger charge is -1.99. The smallest absolute Gasteiger partial charge is 0.150 e. The Morgan fingerprint density at radius 2 is 1.79 bits per heavy atom. The van der Waals surface area contributed by atoms with Crippen LogP contribution in [0.2, 0.25) is 0 Å². The molecule has 3 rings (SSSR count). The van der Waals surface area contributed by atoms with E-state index in [-0.39, 0.29) is 5.76 Å². The number of aliphatic hydroxyl groups is 1. The van der Waals surface area contributed by atoms with Crippen LogP contribution < -0.4 is 10.7 Å². The van der Waals surface area contributed by atoms with Crippen molar-refractivity contribution in [2.24, 2.45) is 0 Å². The number of H-pyrrole nitrogens is 1. The second-order valence-electron chi connectivity index (χ2n) is 4.06. The molecule has 2 aromatic rings. The fraction of sp³-hybridized carbons (Fsp3) is 0. The summed E-state index contributed by atoms with van der Waals surface area (Å²) in [6.45, 7) is 0. The van der Waals surface area contributed by atoms with E-state index in [2.05, 4.69) is 31.3 Å². The molecule has 94 valence electrons. The van der Waals surface area contributed by atoms with Crippen molar-refractivity contribution in [3.63, 3.8) is 0 Å². The van der Waals surface area contributed by atoms with Crippen molar-refractivity contribution in [3.05, 3.63) is 69.3 Å². The molecule has 0 saturated heterocycles. The van der Waals surface area contributed by atoms with Crippen LogP contribution >= 0.6 is 15.9 Å². The van der Waals surface area contributed by atoms with Crippen LogP contribution in [0.25, 0.3) is 11.3 Å². The molecule has 0 fully saturated rings. The highest BCUT2D eigenvalue weighted by molar-refractivity contribution is 9.10. The number of nitrogens with one attached hydrogen (secondary N) is 1. The first-order valence-electron chi connectivity index (χ1n) is 5.71. The summed E-state index contributed by atoms with van der Waals surface area (Å²) in [6, 6.07) is 7.40. The second-order valence-corrected chi connectivity index (χ2v) is 4.98. The normalized spacial score (nSPS) is 15.1. The van der Waals surface area contributed by atoms with Gasteiger partial charge in [-0.25, -0.2) is 0 Å². The standard InChI is InChI=1S/C14H10BrN3O/c15-11-7-5-10(6-8-11)14(19)13-12(16-18-17-13)9-3-1-2-4-9/h1-8,19H,(H,16,17)/b14-13+. The lowest BCUT2D eigenvalue weighted by Crippen LogP contribution is -2.29. The van der Waals surface area contributed by atoms with E-state index in [1.807, 2.05) is 48.6 Å². The molecule has 1 heterocycles. The summed E-state index contributed by atoms with van der Waals surface area (Å²) in [5, 5.41) is 22.1. The number of aromatic nitrogens is 3. The molecule has 19 heavy (non-hydrogen) atoms. The first-order valence-corrected chi connectivity index (χ1v) is 6.50. The van der Waals surface area contributed by atoms with Crippen molar-refractivity contribution < 1.29 is 5.11 Å². The third-order valence-corrected chi connectivity index (χ3v) is 3.37. The van der Waals surface area contributed by atoms with Gasteiger partial charge in [0.2, 0.25) is 0 Å². The number of aliphatic hydroxyl groups excluding tert-OH is 1. The molecule has 0 amide bonds. The Kier molecular flexibility index (Phi) is 3.05. The lowest BCUT2D eigenvalue weighted by molar-refractivity contribution is 0.504. The van der Waals surface area contributed by atoms with Gasteiger partial charge in [0.05, 0.1) is 0 Å². The Balaban J connectivity index is 2.27. The average Bonchev–Trinajstić information content (AvgIpc) is 3.09. The summed E-state index contributed by atoms with van der Waals surface area (Å²) in [5.74, 6) is 0.133. The van der Waals surface area contributed by atoms with Gasteiger partial charge in [-0.3, -0.25) is 5.10 Å². The minimum atomic E-state index is 0.133. The Morgan fingerprint density at radius 1 is 1.11 bits per heavy atom. The van der Waals surface area contributed by atoms with Gasteiger partial charge in [0.15, 0.2) is 0 Å². The topological polar surface area (TPSA) is 61.8 Å². The van der Waals surface area contributed by atoms with Crippen LogP contribution in [-0.2, 0) is 0 Å². The molecule has 0 saturated carbocycles. The zero-order valence-corrected chi connectivity index (χ0v) is 11.4. The van der Waals surface area contributed by atoms with Crippen LogP contribution in [0.15, 0.2) is 53.0 Å². The predicted octanol–water partition coefficient (Wildman–Crippen LogP) is 1.56. The Morgan fingerprint density at radius 3 is 2.47 bits per heavy atom. The fourth-order valence-corrected chi connectivity index (χ4v) is 2.14. The highest BCUT2D eigenvalue weighted by Crippen LogP contribution is 2.13. The van der Waals surface area contributed by atoms with E-state index in [9.17, 15) is 5.11 Å².